The van der Waals surface area contributed by atoms with Crippen LogP contribution in [0.4, 0.5) is 0 Å². The van der Waals surface area contributed by atoms with Crippen LogP contribution in [0.15, 0.2) is 47.6 Å². The lowest BCUT2D eigenvalue weighted by Crippen LogP contribution is -2.24. The van der Waals surface area contributed by atoms with Crippen LogP contribution in [0.2, 0.25) is 0 Å². The minimum Gasteiger partial charge on any atom is -0.370 e. The number of amides is 1. The molecule has 5 nitrogen and oxygen atoms in total. The van der Waals surface area contributed by atoms with Gasteiger partial charge in [-0.3, -0.25) is 9.78 Å². The Labute approximate surface area is 134 Å². The maximum Gasteiger partial charge on any atom is 0.280 e. The molecule has 1 heterocycles. The molecule has 0 spiro atoms. The summed E-state index contributed by atoms with van der Waals surface area (Å²) >= 11 is 0. The van der Waals surface area contributed by atoms with Crippen molar-refractivity contribution in [3.63, 3.8) is 0 Å². The van der Waals surface area contributed by atoms with Crippen LogP contribution in [0.5, 0.6) is 0 Å². The zero-order valence-corrected chi connectivity index (χ0v) is 12.9. The second-order valence-electron chi connectivity index (χ2n) is 5.51. The largest absolute Gasteiger partial charge is 0.370 e. The van der Waals surface area contributed by atoms with E-state index < -0.39 is 5.91 Å². The summed E-state index contributed by atoms with van der Waals surface area (Å²) in [4.78, 5) is 20.0. The number of aliphatic imine (C=N–C) groups is 1. The molecular weight excluding hydrogens is 288 g/mol. The van der Waals surface area contributed by atoms with Crippen molar-refractivity contribution in [1.82, 2.24) is 4.98 Å². The van der Waals surface area contributed by atoms with E-state index >= 15 is 0 Å². The summed E-state index contributed by atoms with van der Waals surface area (Å²) in [7, 11) is 0. The van der Waals surface area contributed by atoms with E-state index in [0.717, 1.165) is 35.2 Å². The number of hydrogen-bond acceptors (Lipinski definition) is 2. The monoisotopic (exact) mass is 306 g/mol. The van der Waals surface area contributed by atoms with E-state index in [9.17, 15) is 4.79 Å². The third-order valence-electron chi connectivity index (χ3n) is 3.94. The van der Waals surface area contributed by atoms with Crippen molar-refractivity contribution in [3.8, 4) is 0 Å². The summed E-state index contributed by atoms with van der Waals surface area (Å²) in [5.74, 6) is -0.660. The molecule has 1 aliphatic carbocycles. The smallest absolute Gasteiger partial charge is 0.280 e. The van der Waals surface area contributed by atoms with Gasteiger partial charge in [-0.1, -0.05) is 18.2 Å². The number of fused-ring (bicyclic) bond motifs is 1. The van der Waals surface area contributed by atoms with E-state index in [1.54, 1.807) is 12.3 Å². The van der Waals surface area contributed by atoms with Gasteiger partial charge in [0.1, 0.15) is 0 Å². The van der Waals surface area contributed by atoms with Crippen LogP contribution in [-0.4, -0.2) is 16.9 Å². The number of allylic oxidation sites excluding steroid dienone is 1. The van der Waals surface area contributed by atoms with Gasteiger partial charge in [0.25, 0.3) is 5.91 Å². The second-order valence-corrected chi connectivity index (χ2v) is 5.51. The molecule has 1 amide bonds. The third-order valence-corrected chi connectivity index (χ3v) is 3.94. The van der Waals surface area contributed by atoms with E-state index in [1.807, 2.05) is 31.2 Å². The van der Waals surface area contributed by atoms with Crippen molar-refractivity contribution in [2.75, 3.05) is 0 Å². The molecule has 23 heavy (non-hydrogen) atoms. The van der Waals surface area contributed by atoms with Gasteiger partial charge in [0, 0.05) is 23.0 Å². The minimum absolute atomic E-state index is 0.230. The molecule has 4 N–H and O–H groups in total. The number of hydrogen-bond donors (Lipinski definition) is 2. The zero-order chi connectivity index (χ0) is 16.4. The lowest BCUT2D eigenvalue weighted by molar-refractivity contribution is 0.100. The fraction of sp³-hybridized carbons (Fsp3) is 0.167. The first-order valence-corrected chi connectivity index (χ1v) is 7.45. The van der Waals surface area contributed by atoms with Crippen LogP contribution in [0.3, 0.4) is 0 Å². The van der Waals surface area contributed by atoms with Crippen molar-refractivity contribution in [1.29, 1.82) is 0 Å². The molecule has 0 unspecified atom stereocenters. The molecular formula is C18H18N4O. The molecule has 3 rings (SSSR count). The number of nitrogens with two attached hydrogens (primary N) is 2. The lowest BCUT2D eigenvalue weighted by atomic mass is 9.85. The predicted molar refractivity (Wildman–Crippen MR) is 91.0 cm³/mol. The molecule has 0 saturated carbocycles. The van der Waals surface area contributed by atoms with Gasteiger partial charge < -0.3 is 11.5 Å². The summed E-state index contributed by atoms with van der Waals surface area (Å²) in [6, 6.07) is 9.58. The van der Waals surface area contributed by atoms with E-state index in [-0.39, 0.29) is 5.96 Å². The highest BCUT2D eigenvalue weighted by Crippen LogP contribution is 2.33. The number of aryl methyl sites for hydroxylation is 2. The number of carbonyl (C=O) groups excluding carboxylic acids is 1. The topological polar surface area (TPSA) is 94.4 Å². The number of aromatic nitrogens is 1. The molecule has 1 aliphatic rings. The fourth-order valence-electron chi connectivity index (χ4n) is 2.87. The number of nitrogens with zero attached hydrogens (tertiary/aromatic N) is 2. The Kier molecular flexibility index (Phi) is 3.93. The Morgan fingerprint density at radius 3 is 2.78 bits per heavy atom. The molecule has 1 aromatic heterocycles. The van der Waals surface area contributed by atoms with Crippen LogP contribution in [0.1, 0.15) is 39.2 Å². The highest BCUT2D eigenvalue weighted by molar-refractivity contribution is 6.02. The van der Waals surface area contributed by atoms with Gasteiger partial charge in [-0.25, -0.2) is 0 Å². The van der Waals surface area contributed by atoms with Gasteiger partial charge >= 0.3 is 0 Å². The first-order chi connectivity index (χ1) is 11.1. The molecule has 116 valence electrons. The molecule has 5 heteroatoms. The first-order valence-electron chi connectivity index (χ1n) is 7.45. The maximum atomic E-state index is 12.1. The van der Waals surface area contributed by atoms with Crippen molar-refractivity contribution >= 4 is 17.4 Å². The predicted octanol–water partition coefficient (Wildman–Crippen LogP) is 2.18. The van der Waals surface area contributed by atoms with Crippen LogP contribution in [0, 0.1) is 6.92 Å². The summed E-state index contributed by atoms with van der Waals surface area (Å²) in [5.41, 5.74) is 16.5. The standard InChI is InChI=1S/C18H18N4O/c1-11-14(6-3-9-21-11)15-5-2-4-12-7-8-13(10-16(12)15)17(23)22-18(19)20/h3,5-10H,2,4H2,1H3,(H4,19,20,22,23). The molecule has 0 bridgehead atoms. The third kappa shape index (κ3) is 2.99. The van der Waals surface area contributed by atoms with E-state index in [2.05, 4.69) is 16.1 Å². The highest BCUT2D eigenvalue weighted by Gasteiger charge is 2.18. The van der Waals surface area contributed by atoms with Gasteiger partial charge in [-0.15, -0.1) is 0 Å². The first kappa shape index (κ1) is 15.0. The van der Waals surface area contributed by atoms with E-state index in [0.29, 0.717) is 5.56 Å². The molecule has 0 fully saturated rings. The Bertz CT molecular complexity index is 833. The molecule has 2 aromatic rings. The second kappa shape index (κ2) is 6.04. The summed E-state index contributed by atoms with van der Waals surface area (Å²) in [6.07, 6.45) is 5.90. The number of carbonyl (C=O) groups is 1. The Hall–Kier alpha value is -2.95. The Morgan fingerprint density at radius 2 is 2.04 bits per heavy atom. The fourth-order valence-corrected chi connectivity index (χ4v) is 2.87. The van der Waals surface area contributed by atoms with Gasteiger partial charge in [-0.2, -0.15) is 4.99 Å². The summed E-state index contributed by atoms with van der Waals surface area (Å²) in [5, 5.41) is 0. The molecule has 0 saturated heterocycles. The number of guanidine groups is 1. The summed E-state index contributed by atoms with van der Waals surface area (Å²) < 4.78 is 0. The average Bonchev–Trinajstić information content (AvgIpc) is 2.54. The SMILES string of the molecule is Cc1ncccc1C1=CCCc2ccc(C(=O)N=C(N)N)cc21. The van der Waals surface area contributed by atoms with Crippen LogP contribution in [-0.2, 0) is 6.42 Å². The van der Waals surface area contributed by atoms with Crippen molar-refractivity contribution < 1.29 is 4.79 Å². The average molecular weight is 306 g/mol. The quantitative estimate of drug-likeness (QED) is 0.657. The van der Waals surface area contributed by atoms with Crippen molar-refractivity contribution in [2.45, 2.75) is 19.8 Å². The highest BCUT2D eigenvalue weighted by atomic mass is 16.1. The lowest BCUT2D eigenvalue weighted by Gasteiger charge is -2.19. The number of rotatable bonds is 2. The van der Waals surface area contributed by atoms with Crippen LogP contribution in [0.25, 0.3) is 5.57 Å². The Balaban J connectivity index is 2.09. The maximum absolute atomic E-state index is 12.1. The van der Waals surface area contributed by atoms with Gasteiger partial charge in [0.05, 0.1) is 0 Å². The van der Waals surface area contributed by atoms with Gasteiger partial charge in [0.2, 0.25) is 0 Å². The zero-order valence-electron chi connectivity index (χ0n) is 12.9. The Morgan fingerprint density at radius 1 is 1.22 bits per heavy atom. The van der Waals surface area contributed by atoms with Gasteiger partial charge in [-0.05, 0) is 54.7 Å². The van der Waals surface area contributed by atoms with Crippen molar-refractivity contribution in [3.05, 3.63) is 70.6 Å². The van der Waals surface area contributed by atoms with Crippen LogP contribution >= 0.6 is 0 Å². The van der Waals surface area contributed by atoms with Gasteiger partial charge in [0.15, 0.2) is 5.96 Å². The van der Waals surface area contributed by atoms with Crippen molar-refractivity contribution in [2.24, 2.45) is 16.5 Å². The van der Waals surface area contributed by atoms with E-state index in [1.165, 1.54) is 5.56 Å². The summed E-state index contributed by atoms with van der Waals surface area (Å²) in [6.45, 7) is 1.98. The minimum atomic E-state index is -0.430. The normalized spacial score (nSPS) is 13.0. The van der Waals surface area contributed by atoms with Crippen LogP contribution < -0.4 is 11.5 Å². The molecule has 1 aromatic carbocycles. The molecule has 0 radical (unpaired) electrons. The number of pyridine rings is 1. The van der Waals surface area contributed by atoms with E-state index in [4.69, 9.17) is 11.5 Å². The number of benzene rings is 1. The molecule has 0 atom stereocenters. The molecule has 0 aliphatic heterocycles.